The zero-order valence-electron chi connectivity index (χ0n) is 20.0. The Hall–Kier alpha value is -4.20. The van der Waals surface area contributed by atoms with Crippen LogP contribution in [0.15, 0.2) is 78.8 Å². The van der Waals surface area contributed by atoms with Gasteiger partial charge in [-0.1, -0.05) is 38.1 Å². The molecule has 36 heavy (non-hydrogen) atoms. The zero-order valence-corrected chi connectivity index (χ0v) is 20.0. The van der Waals surface area contributed by atoms with Crippen LogP contribution in [0.3, 0.4) is 0 Å². The Morgan fingerprint density at radius 3 is 2.44 bits per heavy atom. The molecule has 0 saturated carbocycles. The molecule has 1 saturated heterocycles. The van der Waals surface area contributed by atoms with Crippen LogP contribution in [0.2, 0.25) is 0 Å². The second-order valence-corrected chi connectivity index (χ2v) is 9.51. The Bertz CT molecular complexity index is 1420. The molecule has 1 aromatic heterocycles. The third kappa shape index (κ3) is 3.79. The summed E-state index contributed by atoms with van der Waals surface area (Å²) in [6.45, 7) is 5.32. The Morgan fingerprint density at radius 1 is 1.06 bits per heavy atom. The van der Waals surface area contributed by atoms with Gasteiger partial charge in [-0.3, -0.25) is 14.5 Å². The van der Waals surface area contributed by atoms with E-state index in [2.05, 4.69) is 15.3 Å². The second kappa shape index (κ2) is 8.78. The van der Waals surface area contributed by atoms with Crippen molar-refractivity contribution in [1.82, 2.24) is 9.97 Å². The number of carbonyl (C=O) groups is 2. The summed E-state index contributed by atoms with van der Waals surface area (Å²) in [5.74, 6) is -2.53. The van der Waals surface area contributed by atoms with E-state index in [9.17, 15) is 14.0 Å². The molecule has 3 aromatic rings. The summed E-state index contributed by atoms with van der Waals surface area (Å²) < 4.78 is 29.3. The van der Waals surface area contributed by atoms with E-state index in [4.69, 9.17) is 0 Å². The van der Waals surface area contributed by atoms with Gasteiger partial charge in [0.25, 0.3) is 5.91 Å². The number of hydrogen-bond donors (Lipinski definition) is 1. The molecule has 1 N–H and O–H groups in total. The summed E-state index contributed by atoms with van der Waals surface area (Å²) in [7, 11) is 0. The summed E-state index contributed by atoms with van der Waals surface area (Å²) in [6.07, 6.45) is 8.61. The molecular formula is C28H24F2N4O2. The van der Waals surface area contributed by atoms with Crippen LogP contribution in [0.25, 0.3) is 0 Å². The molecule has 6 nitrogen and oxygen atoms in total. The van der Waals surface area contributed by atoms with Gasteiger partial charge in [0.1, 0.15) is 11.6 Å². The fourth-order valence-corrected chi connectivity index (χ4v) is 5.09. The number of allylic oxidation sites excluding steroid dienone is 4. The van der Waals surface area contributed by atoms with Crippen LogP contribution in [0.4, 0.5) is 20.4 Å². The standard InChI is InChI=1S/C28H24F2N4O2/c1-16-8-13-20(24(30)22(16)25(35)33-18-11-9-17(29)10-12-18)19-6-4-7-21-23(19)28(2,3)26(36)34(21)27-31-14-5-15-32-27/h4-15,19,23H,1-3H3,(H,33,35). The van der Waals surface area contributed by atoms with Gasteiger partial charge in [0.15, 0.2) is 0 Å². The van der Waals surface area contributed by atoms with E-state index < -0.39 is 34.8 Å². The summed E-state index contributed by atoms with van der Waals surface area (Å²) in [5.41, 5.74) is 0.844. The maximum Gasteiger partial charge on any atom is 0.258 e. The normalized spacial score (nSPS) is 20.2. The highest BCUT2D eigenvalue weighted by molar-refractivity contribution is 6.06. The lowest BCUT2D eigenvalue weighted by atomic mass is 9.68. The number of halogens is 2. The lowest BCUT2D eigenvalue weighted by Crippen LogP contribution is -2.33. The van der Waals surface area contributed by atoms with Gasteiger partial charge in [-0.05, 0) is 54.5 Å². The van der Waals surface area contributed by atoms with E-state index in [-0.39, 0.29) is 17.4 Å². The molecule has 0 spiro atoms. The highest BCUT2D eigenvalue weighted by atomic mass is 19.1. The van der Waals surface area contributed by atoms with E-state index >= 15 is 4.39 Å². The molecule has 2 heterocycles. The van der Waals surface area contributed by atoms with Crippen LogP contribution in [-0.2, 0) is 4.79 Å². The third-order valence-electron chi connectivity index (χ3n) is 6.87. The minimum Gasteiger partial charge on any atom is -0.322 e. The summed E-state index contributed by atoms with van der Waals surface area (Å²) in [5, 5.41) is 2.64. The average Bonchev–Trinajstić information content (AvgIpc) is 3.06. The van der Waals surface area contributed by atoms with Gasteiger partial charge in [0, 0.05) is 35.6 Å². The lowest BCUT2D eigenvalue weighted by Gasteiger charge is -2.33. The highest BCUT2D eigenvalue weighted by Crippen LogP contribution is 2.53. The minimum atomic E-state index is -0.881. The summed E-state index contributed by atoms with van der Waals surface area (Å²) in [6, 6.07) is 10.3. The number of aromatic nitrogens is 2. The number of anilines is 2. The molecular weight excluding hydrogens is 462 g/mol. The van der Waals surface area contributed by atoms with E-state index in [0.717, 1.165) is 0 Å². The maximum absolute atomic E-state index is 16.1. The first-order chi connectivity index (χ1) is 17.2. The monoisotopic (exact) mass is 486 g/mol. The van der Waals surface area contributed by atoms with Gasteiger partial charge >= 0.3 is 0 Å². The summed E-state index contributed by atoms with van der Waals surface area (Å²) >= 11 is 0. The van der Waals surface area contributed by atoms with Crippen molar-refractivity contribution in [3.63, 3.8) is 0 Å². The van der Waals surface area contributed by atoms with E-state index in [1.165, 1.54) is 29.2 Å². The summed E-state index contributed by atoms with van der Waals surface area (Å²) in [4.78, 5) is 36.6. The smallest absolute Gasteiger partial charge is 0.258 e. The number of fused-ring (bicyclic) bond motifs is 1. The maximum atomic E-state index is 16.1. The Morgan fingerprint density at radius 2 is 1.75 bits per heavy atom. The van der Waals surface area contributed by atoms with E-state index in [1.54, 1.807) is 43.6 Å². The average molecular weight is 487 g/mol. The van der Waals surface area contributed by atoms with Crippen LogP contribution in [0, 0.1) is 29.9 Å². The number of benzene rings is 2. The number of hydrogen-bond acceptors (Lipinski definition) is 4. The van der Waals surface area contributed by atoms with Crippen LogP contribution >= 0.6 is 0 Å². The van der Waals surface area contributed by atoms with Crippen molar-refractivity contribution >= 4 is 23.5 Å². The Kier molecular flexibility index (Phi) is 5.74. The number of nitrogens with zero attached hydrogens (tertiary/aromatic N) is 3. The first-order valence-electron chi connectivity index (χ1n) is 11.6. The van der Waals surface area contributed by atoms with Crippen LogP contribution in [-0.4, -0.2) is 21.8 Å². The largest absolute Gasteiger partial charge is 0.322 e. The molecule has 0 radical (unpaired) electrons. The van der Waals surface area contributed by atoms with Gasteiger partial charge in [-0.2, -0.15) is 0 Å². The van der Waals surface area contributed by atoms with E-state index in [1.807, 2.05) is 26.0 Å². The number of nitrogens with one attached hydrogen (secondary N) is 1. The van der Waals surface area contributed by atoms with Gasteiger partial charge in [0.05, 0.1) is 11.0 Å². The molecule has 2 unspecified atom stereocenters. The first kappa shape index (κ1) is 23.5. The topological polar surface area (TPSA) is 75.2 Å². The quantitative estimate of drug-likeness (QED) is 0.525. The van der Waals surface area contributed by atoms with Crippen molar-refractivity contribution in [1.29, 1.82) is 0 Å². The fraction of sp³-hybridized carbons (Fsp3) is 0.214. The molecule has 0 bridgehead atoms. The molecule has 5 rings (SSSR count). The van der Waals surface area contributed by atoms with Gasteiger partial charge in [-0.15, -0.1) is 0 Å². The lowest BCUT2D eigenvalue weighted by molar-refractivity contribution is -0.125. The van der Waals surface area contributed by atoms with Gasteiger partial charge in [0.2, 0.25) is 11.9 Å². The predicted octanol–water partition coefficient (Wildman–Crippen LogP) is 5.54. The van der Waals surface area contributed by atoms with Gasteiger partial charge < -0.3 is 5.32 Å². The van der Waals surface area contributed by atoms with Crippen molar-refractivity contribution in [2.45, 2.75) is 26.7 Å². The molecule has 2 aromatic carbocycles. The molecule has 2 aliphatic rings. The van der Waals surface area contributed by atoms with Crippen molar-refractivity contribution in [3.05, 3.63) is 107 Å². The molecule has 1 aliphatic carbocycles. The van der Waals surface area contributed by atoms with Crippen LogP contribution < -0.4 is 10.2 Å². The van der Waals surface area contributed by atoms with Crippen molar-refractivity contribution in [3.8, 4) is 0 Å². The zero-order chi connectivity index (χ0) is 25.6. The number of carbonyl (C=O) groups excluding carboxylic acids is 2. The van der Waals surface area contributed by atoms with E-state index in [0.29, 0.717) is 22.5 Å². The SMILES string of the molecule is Cc1ccc(C2C=CC=C3C2C(C)(C)C(=O)N3c2ncccn2)c(F)c1C(=O)Nc1ccc(F)cc1. The molecule has 182 valence electrons. The molecule has 2 atom stereocenters. The molecule has 2 amide bonds. The van der Waals surface area contributed by atoms with Crippen molar-refractivity contribution in [2.24, 2.45) is 11.3 Å². The fourth-order valence-electron chi connectivity index (χ4n) is 5.09. The molecule has 1 fully saturated rings. The highest BCUT2D eigenvalue weighted by Gasteiger charge is 2.55. The third-order valence-corrected chi connectivity index (χ3v) is 6.87. The van der Waals surface area contributed by atoms with Gasteiger partial charge in [-0.25, -0.2) is 18.7 Å². The predicted molar refractivity (Wildman–Crippen MR) is 132 cm³/mol. The Balaban J connectivity index is 1.54. The second-order valence-electron chi connectivity index (χ2n) is 9.51. The number of amides is 2. The number of rotatable bonds is 4. The molecule has 8 heteroatoms. The number of aryl methyl sites for hydroxylation is 1. The van der Waals surface area contributed by atoms with Crippen molar-refractivity contribution < 1.29 is 18.4 Å². The first-order valence-corrected chi connectivity index (χ1v) is 11.6. The van der Waals surface area contributed by atoms with Crippen LogP contribution in [0.5, 0.6) is 0 Å². The van der Waals surface area contributed by atoms with Crippen LogP contribution in [0.1, 0.15) is 41.3 Å². The Labute approximate surface area is 207 Å². The minimum absolute atomic E-state index is 0.0910. The van der Waals surface area contributed by atoms with Crippen molar-refractivity contribution in [2.75, 3.05) is 10.2 Å². The molecule has 1 aliphatic heterocycles.